The van der Waals surface area contributed by atoms with E-state index in [0.29, 0.717) is 6.54 Å². The average molecular weight is 389 g/mol. The Labute approximate surface area is 164 Å². The van der Waals surface area contributed by atoms with E-state index in [-0.39, 0.29) is 30.6 Å². The van der Waals surface area contributed by atoms with Crippen molar-refractivity contribution < 1.29 is 19.1 Å². The lowest BCUT2D eigenvalue weighted by molar-refractivity contribution is 0.108. The van der Waals surface area contributed by atoms with Crippen LogP contribution in [0.15, 0.2) is 54.7 Å². The van der Waals surface area contributed by atoms with Crippen molar-refractivity contribution in [2.24, 2.45) is 5.10 Å². The van der Waals surface area contributed by atoms with Crippen molar-refractivity contribution in [1.29, 1.82) is 0 Å². The maximum atomic E-state index is 12.2. The summed E-state index contributed by atoms with van der Waals surface area (Å²) >= 11 is 4.51. The van der Waals surface area contributed by atoms with Crippen LogP contribution in [0.4, 0.5) is 9.59 Å². The third kappa shape index (κ3) is 6.18. The summed E-state index contributed by atoms with van der Waals surface area (Å²) in [7, 11) is 0. The second kappa shape index (κ2) is 10.4. The van der Waals surface area contributed by atoms with Gasteiger partial charge in [-0.3, -0.25) is 0 Å². The van der Waals surface area contributed by atoms with Gasteiger partial charge in [0.2, 0.25) is 0 Å². The minimum absolute atomic E-state index is 0.0946. The summed E-state index contributed by atoms with van der Waals surface area (Å²) in [5.41, 5.74) is 4.04. The third-order valence-corrected chi connectivity index (χ3v) is 4.24. The number of carbonyl (C=O) groups is 2. The fourth-order valence-electron chi connectivity index (χ4n) is 2.68. The molecule has 2 rings (SSSR count). The summed E-state index contributed by atoms with van der Waals surface area (Å²) in [6.45, 7) is 7.83. The summed E-state index contributed by atoms with van der Waals surface area (Å²) in [5, 5.41) is 3.92. The number of benzene rings is 1. The molecule has 1 aromatic rings. The zero-order valence-electron chi connectivity index (χ0n) is 14.9. The summed E-state index contributed by atoms with van der Waals surface area (Å²) in [6.07, 6.45) is 4.24. The van der Waals surface area contributed by atoms with Gasteiger partial charge in [-0.15, -0.1) is 0 Å². The molecule has 2 atom stereocenters. The van der Waals surface area contributed by atoms with E-state index in [2.05, 4.69) is 36.3 Å². The minimum atomic E-state index is -0.651. The molecule has 0 spiro atoms. The Balaban J connectivity index is 1.98. The van der Waals surface area contributed by atoms with Crippen molar-refractivity contribution in [3.63, 3.8) is 0 Å². The molecule has 27 heavy (non-hydrogen) atoms. The van der Waals surface area contributed by atoms with Gasteiger partial charge in [0.15, 0.2) is 0 Å². The van der Waals surface area contributed by atoms with Crippen LogP contribution >= 0.6 is 12.6 Å². The van der Waals surface area contributed by atoms with Crippen LogP contribution in [-0.4, -0.2) is 48.3 Å². The Bertz CT molecular complexity index is 705. The molecule has 1 saturated heterocycles. The SMILES string of the molecule is C=CCOC(=O)NN=Cc1ccc([C@H]2C[C@H](S)CN2C(=O)OCC=C)cc1. The van der Waals surface area contributed by atoms with E-state index < -0.39 is 6.09 Å². The first-order valence-corrected chi connectivity index (χ1v) is 8.95. The van der Waals surface area contributed by atoms with Gasteiger partial charge in [0.1, 0.15) is 13.2 Å². The van der Waals surface area contributed by atoms with Gasteiger partial charge in [0.05, 0.1) is 12.3 Å². The predicted molar refractivity (Wildman–Crippen MR) is 107 cm³/mol. The van der Waals surface area contributed by atoms with Crippen LogP contribution in [0.25, 0.3) is 0 Å². The zero-order chi connectivity index (χ0) is 19.6. The van der Waals surface area contributed by atoms with E-state index >= 15 is 0 Å². The highest BCUT2D eigenvalue weighted by Crippen LogP contribution is 2.34. The highest BCUT2D eigenvalue weighted by Gasteiger charge is 2.35. The number of amides is 2. The second-order valence-electron chi connectivity index (χ2n) is 5.85. The molecule has 7 nitrogen and oxygen atoms in total. The molecule has 0 saturated carbocycles. The Morgan fingerprint density at radius 2 is 1.89 bits per heavy atom. The first-order valence-electron chi connectivity index (χ1n) is 8.44. The van der Waals surface area contributed by atoms with Crippen LogP contribution in [0.2, 0.25) is 0 Å². The normalized spacial score (nSPS) is 18.9. The highest BCUT2D eigenvalue weighted by molar-refractivity contribution is 7.81. The molecule has 0 radical (unpaired) electrons. The van der Waals surface area contributed by atoms with Crippen LogP contribution in [0.1, 0.15) is 23.6 Å². The Morgan fingerprint density at radius 1 is 1.22 bits per heavy atom. The number of nitrogens with one attached hydrogen (secondary N) is 1. The average Bonchev–Trinajstić information content (AvgIpc) is 3.07. The van der Waals surface area contributed by atoms with Crippen molar-refractivity contribution in [1.82, 2.24) is 10.3 Å². The molecule has 8 heteroatoms. The molecule has 1 aliphatic heterocycles. The van der Waals surface area contributed by atoms with Gasteiger partial charge in [0.25, 0.3) is 0 Å². The molecule has 2 amide bonds. The van der Waals surface area contributed by atoms with Crippen LogP contribution < -0.4 is 5.43 Å². The van der Waals surface area contributed by atoms with Crippen LogP contribution in [0, 0.1) is 0 Å². The van der Waals surface area contributed by atoms with Crippen molar-refractivity contribution in [3.8, 4) is 0 Å². The fourth-order valence-corrected chi connectivity index (χ4v) is 3.05. The highest BCUT2D eigenvalue weighted by atomic mass is 32.1. The zero-order valence-corrected chi connectivity index (χ0v) is 15.8. The summed E-state index contributed by atoms with van der Waals surface area (Å²) in [4.78, 5) is 25.2. The Hall–Kier alpha value is -2.74. The first-order chi connectivity index (χ1) is 13.0. The standard InChI is InChI=1S/C19H23N3O4S/c1-3-9-25-18(23)21-20-12-14-5-7-15(8-6-14)17-11-16(27)13-22(17)19(24)26-10-4-2/h3-8,12,16-17,27H,1-2,9-11,13H2,(H,21,23)/t16-,17+/m0/s1. The minimum Gasteiger partial charge on any atom is -0.445 e. The number of hydrogen-bond acceptors (Lipinski definition) is 6. The maximum absolute atomic E-state index is 12.2. The van der Waals surface area contributed by atoms with E-state index in [0.717, 1.165) is 17.5 Å². The number of carbonyl (C=O) groups excluding carboxylic acids is 2. The van der Waals surface area contributed by atoms with E-state index in [1.807, 2.05) is 24.3 Å². The van der Waals surface area contributed by atoms with Crippen LogP contribution in [-0.2, 0) is 9.47 Å². The van der Waals surface area contributed by atoms with Crippen molar-refractivity contribution in [3.05, 3.63) is 60.7 Å². The topological polar surface area (TPSA) is 80.2 Å². The lowest BCUT2D eigenvalue weighted by Crippen LogP contribution is -2.32. The first kappa shape index (κ1) is 20.6. The molecule has 1 N–H and O–H groups in total. The molecule has 0 bridgehead atoms. The lowest BCUT2D eigenvalue weighted by atomic mass is 10.0. The van der Waals surface area contributed by atoms with E-state index in [9.17, 15) is 9.59 Å². The molecule has 0 unspecified atom stereocenters. The van der Waals surface area contributed by atoms with Crippen LogP contribution in [0.5, 0.6) is 0 Å². The largest absolute Gasteiger partial charge is 0.445 e. The number of likely N-dealkylation sites (tertiary alicyclic amines) is 1. The molecule has 1 aromatic carbocycles. The van der Waals surface area contributed by atoms with Gasteiger partial charge in [0, 0.05) is 11.8 Å². The predicted octanol–water partition coefficient (Wildman–Crippen LogP) is 3.30. The monoisotopic (exact) mass is 389 g/mol. The summed E-state index contributed by atoms with van der Waals surface area (Å²) in [6, 6.07) is 7.45. The number of nitrogens with zero attached hydrogens (tertiary/aromatic N) is 2. The summed E-state index contributed by atoms with van der Waals surface area (Å²) in [5.74, 6) is 0. The molecule has 0 aromatic heterocycles. The quantitative estimate of drug-likeness (QED) is 0.325. The number of rotatable bonds is 7. The maximum Gasteiger partial charge on any atom is 0.428 e. The van der Waals surface area contributed by atoms with Gasteiger partial charge in [-0.2, -0.15) is 17.7 Å². The molecule has 1 fully saturated rings. The van der Waals surface area contributed by atoms with Crippen molar-refractivity contribution in [2.45, 2.75) is 17.7 Å². The lowest BCUT2D eigenvalue weighted by Gasteiger charge is -2.24. The summed E-state index contributed by atoms with van der Waals surface area (Å²) < 4.78 is 9.90. The molecule has 1 heterocycles. The van der Waals surface area contributed by atoms with Crippen LogP contribution in [0.3, 0.4) is 0 Å². The number of hydrazone groups is 1. The smallest absolute Gasteiger partial charge is 0.428 e. The van der Waals surface area contributed by atoms with Crippen molar-refractivity contribution >= 4 is 31.0 Å². The molecule has 0 aliphatic carbocycles. The second-order valence-corrected chi connectivity index (χ2v) is 6.58. The van der Waals surface area contributed by atoms with Crippen molar-refractivity contribution in [2.75, 3.05) is 19.8 Å². The molecule has 1 aliphatic rings. The fraction of sp³-hybridized carbons (Fsp3) is 0.316. The number of ether oxygens (including phenoxy) is 2. The molecular formula is C19H23N3O4S. The molecular weight excluding hydrogens is 366 g/mol. The van der Waals surface area contributed by atoms with Gasteiger partial charge in [-0.1, -0.05) is 49.6 Å². The number of thiol groups is 1. The Kier molecular flexibility index (Phi) is 7.94. The van der Waals surface area contributed by atoms with Gasteiger partial charge >= 0.3 is 12.2 Å². The number of hydrogen-bond donors (Lipinski definition) is 2. The van der Waals surface area contributed by atoms with Gasteiger partial charge in [-0.25, -0.2) is 15.0 Å². The van der Waals surface area contributed by atoms with E-state index in [1.54, 1.807) is 4.90 Å². The Morgan fingerprint density at radius 3 is 2.56 bits per heavy atom. The van der Waals surface area contributed by atoms with E-state index in [1.165, 1.54) is 18.4 Å². The van der Waals surface area contributed by atoms with Gasteiger partial charge < -0.3 is 14.4 Å². The van der Waals surface area contributed by atoms with E-state index in [4.69, 9.17) is 9.47 Å². The molecule has 144 valence electrons. The van der Waals surface area contributed by atoms with Gasteiger partial charge in [-0.05, 0) is 17.5 Å². The third-order valence-electron chi connectivity index (χ3n) is 3.86.